The van der Waals surface area contributed by atoms with E-state index in [0.717, 1.165) is 19.3 Å². The molecule has 1 aliphatic heterocycles. The molecule has 1 saturated heterocycles. The summed E-state index contributed by atoms with van der Waals surface area (Å²) < 4.78 is 4.93. The molecule has 24 heavy (non-hydrogen) atoms. The second-order valence-corrected chi connectivity index (χ2v) is 6.98. The highest BCUT2D eigenvalue weighted by Crippen LogP contribution is 2.17. The van der Waals surface area contributed by atoms with Gasteiger partial charge in [0.05, 0.1) is 13.2 Å². The molecular formula is C17H27N3O3S. The Balaban J connectivity index is 1.60. The molecule has 6 nitrogen and oxygen atoms in total. The number of carbonyl (C=O) groups excluding carboxylic acids is 2. The Morgan fingerprint density at radius 1 is 1.33 bits per heavy atom. The molecule has 7 heteroatoms. The van der Waals surface area contributed by atoms with Gasteiger partial charge in [0.15, 0.2) is 0 Å². The highest BCUT2D eigenvalue weighted by molar-refractivity contribution is 7.09. The van der Waals surface area contributed by atoms with Crippen molar-refractivity contribution in [3.63, 3.8) is 0 Å². The highest BCUT2D eigenvalue weighted by Gasteiger charge is 2.26. The molecule has 2 N–H and O–H groups in total. The standard InChI is InChI=1S/C17H27N3O3S/c1-23-11-8-18-13-16(21)20-9-5-14(6-10-20)17(22)19-7-4-15-3-2-12-24-15/h2-3,12,14,18H,4-11,13H2,1H3,(H,19,22). The van der Waals surface area contributed by atoms with Crippen molar-refractivity contribution in [3.05, 3.63) is 22.4 Å². The van der Waals surface area contributed by atoms with Gasteiger partial charge in [-0.3, -0.25) is 9.59 Å². The molecule has 2 heterocycles. The van der Waals surface area contributed by atoms with Crippen molar-refractivity contribution in [2.24, 2.45) is 5.92 Å². The van der Waals surface area contributed by atoms with Crippen LogP contribution in [0.4, 0.5) is 0 Å². The van der Waals surface area contributed by atoms with Crippen LogP contribution in [0.25, 0.3) is 0 Å². The van der Waals surface area contributed by atoms with Crippen LogP contribution in [0, 0.1) is 5.92 Å². The summed E-state index contributed by atoms with van der Waals surface area (Å²) in [7, 11) is 1.64. The van der Waals surface area contributed by atoms with Crippen molar-refractivity contribution in [2.45, 2.75) is 19.3 Å². The smallest absolute Gasteiger partial charge is 0.236 e. The molecule has 134 valence electrons. The molecule has 1 aromatic rings. The third-order valence-corrected chi connectivity index (χ3v) is 5.16. The normalized spacial score (nSPS) is 15.5. The van der Waals surface area contributed by atoms with E-state index in [1.54, 1.807) is 18.4 Å². The number of hydrogen-bond acceptors (Lipinski definition) is 5. The molecule has 0 aromatic carbocycles. The highest BCUT2D eigenvalue weighted by atomic mass is 32.1. The van der Waals surface area contributed by atoms with Crippen LogP contribution in [-0.2, 0) is 20.7 Å². The zero-order valence-electron chi connectivity index (χ0n) is 14.3. The fraction of sp³-hybridized carbons (Fsp3) is 0.647. The van der Waals surface area contributed by atoms with Crippen molar-refractivity contribution < 1.29 is 14.3 Å². The Hall–Kier alpha value is -1.44. The second-order valence-electron chi connectivity index (χ2n) is 5.95. The van der Waals surface area contributed by atoms with Gasteiger partial charge in [-0.05, 0) is 30.7 Å². The largest absolute Gasteiger partial charge is 0.383 e. The van der Waals surface area contributed by atoms with E-state index in [0.29, 0.717) is 39.3 Å². The summed E-state index contributed by atoms with van der Waals surface area (Å²) in [5, 5.41) is 8.13. The van der Waals surface area contributed by atoms with Gasteiger partial charge < -0.3 is 20.3 Å². The first-order chi connectivity index (χ1) is 11.7. The Kier molecular flexibility index (Phi) is 8.21. The molecule has 1 fully saturated rings. The van der Waals surface area contributed by atoms with E-state index in [1.807, 2.05) is 16.3 Å². The van der Waals surface area contributed by atoms with Gasteiger partial charge >= 0.3 is 0 Å². The minimum Gasteiger partial charge on any atom is -0.383 e. The van der Waals surface area contributed by atoms with Gasteiger partial charge in [0.1, 0.15) is 0 Å². The summed E-state index contributed by atoms with van der Waals surface area (Å²) >= 11 is 1.71. The number of likely N-dealkylation sites (tertiary alicyclic amines) is 1. The molecule has 0 radical (unpaired) electrons. The van der Waals surface area contributed by atoms with Crippen molar-refractivity contribution in [1.29, 1.82) is 0 Å². The number of nitrogens with one attached hydrogen (secondary N) is 2. The number of nitrogens with zero attached hydrogens (tertiary/aromatic N) is 1. The molecule has 0 saturated carbocycles. The van der Waals surface area contributed by atoms with E-state index in [1.165, 1.54) is 4.88 Å². The van der Waals surface area contributed by atoms with E-state index in [2.05, 4.69) is 16.7 Å². The van der Waals surface area contributed by atoms with Gasteiger partial charge in [-0.1, -0.05) is 6.07 Å². The Bertz CT molecular complexity index is 499. The minimum atomic E-state index is 0.0267. The van der Waals surface area contributed by atoms with Gasteiger partial charge in [0, 0.05) is 44.1 Å². The van der Waals surface area contributed by atoms with Crippen LogP contribution in [0.15, 0.2) is 17.5 Å². The number of piperidine rings is 1. The van der Waals surface area contributed by atoms with E-state index in [-0.39, 0.29) is 17.7 Å². The third-order valence-electron chi connectivity index (χ3n) is 4.23. The van der Waals surface area contributed by atoms with Gasteiger partial charge in [0.25, 0.3) is 0 Å². The lowest BCUT2D eigenvalue weighted by Gasteiger charge is -2.31. The number of carbonyl (C=O) groups is 2. The summed E-state index contributed by atoms with van der Waals surface area (Å²) in [4.78, 5) is 27.4. The van der Waals surface area contributed by atoms with E-state index in [4.69, 9.17) is 4.74 Å². The van der Waals surface area contributed by atoms with Crippen LogP contribution in [0.5, 0.6) is 0 Å². The molecule has 0 atom stereocenters. The van der Waals surface area contributed by atoms with Crippen LogP contribution in [0.1, 0.15) is 17.7 Å². The Morgan fingerprint density at radius 2 is 2.12 bits per heavy atom. The lowest BCUT2D eigenvalue weighted by atomic mass is 9.96. The molecule has 1 aliphatic rings. The summed E-state index contributed by atoms with van der Waals surface area (Å²) in [5.74, 6) is 0.248. The van der Waals surface area contributed by atoms with Crippen molar-refractivity contribution in [3.8, 4) is 0 Å². The van der Waals surface area contributed by atoms with Crippen LogP contribution in [0.3, 0.4) is 0 Å². The third kappa shape index (κ3) is 6.22. The lowest BCUT2D eigenvalue weighted by Crippen LogP contribution is -2.46. The number of methoxy groups -OCH3 is 1. The average Bonchev–Trinajstić information content (AvgIpc) is 3.12. The van der Waals surface area contributed by atoms with E-state index in [9.17, 15) is 9.59 Å². The van der Waals surface area contributed by atoms with E-state index >= 15 is 0 Å². The molecule has 0 aliphatic carbocycles. The maximum atomic E-state index is 12.2. The van der Waals surface area contributed by atoms with Gasteiger partial charge in [0.2, 0.25) is 11.8 Å². The Morgan fingerprint density at radius 3 is 2.79 bits per heavy atom. The summed E-state index contributed by atoms with van der Waals surface area (Å²) in [6, 6.07) is 4.11. The topological polar surface area (TPSA) is 70.7 Å². The molecular weight excluding hydrogens is 326 g/mol. The quantitative estimate of drug-likeness (QED) is 0.647. The second kappa shape index (κ2) is 10.4. The first-order valence-electron chi connectivity index (χ1n) is 8.48. The van der Waals surface area contributed by atoms with E-state index < -0.39 is 0 Å². The fourth-order valence-electron chi connectivity index (χ4n) is 2.78. The monoisotopic (exact) mass is 353 g/mol. The van der Waals surface area contributed by atoms with Crippen molar-refractivity contribution >= 4 is 23.2 Å². The number of rotatable bonds is 9. The van der Waals surface area contributed by atoms with Gasteiger partial charge in [-0.2, -0.15) is 0 Å². The fourth-order valence-corrected chi connectivity index (χ4v) is 3.49. The van der Waals surface area contributed by atoms with Crippen molar-refractivity contribution in [1.82, 2.24) is 15.5 Å². The summed E-state index contributed by atoms with van der Waals surface area (Å²) in [6.07, 6.45) is 2.37. The minimum absolute atomic E-state index is 0.0267. The molecule has 1 aromatic heterocycles. The predicted octanol–water partition coefficient (Wildman–Crippen LogP) is 0.881. The molecule has 0 spiro atoms. The van der Waals surface area contributed by atoms with Gasteiger partial charge in [-0.15, -0.1) is 11.3 Å². The SMILES string of the molecule is COCCNCC(=O)N1CCC(C(=O)NCCc2cccs2)CC1. The Labute approximate surface area is 147 Å². The number of ether oxygens (including phenoxy) is 1. The molecule has 0 unspecified atom stereocenters. The summed E-state index contributed by atoms with van der Waals surface area (Å²) in [6.45, 7) is 3.61. The van der Waals surface area contributed by atoms with Crippen LogP contribution < -0.4 is 10.6 Å². The number of amides is 2. The average molecular weight is 353 g/mol. The van der Waals surface area contributed by atoms with Gasteiger partial charge in [-0.25, -0.2) is 0 Å². The molecule has 2 amide bonds. The number of hydrogen-bond donors (Lipinski definition) is 2. The van der Waals surface area contributed by atoms with Crippen LogP contribution in [-0.4, -0.2) is 63.2 Å². The molecule has 2 rings (SSSR count). The predicted molar refractivity (Wildman–Crippen MR) is 95.1 cm³/mol. The van der Waals surface area contributed by atoms with Crippen LogP contribution in [0.2, 0.25) is 0 Å². The lowest BCUT2D eigenvalue weighted by molar-refractivity contribution is -0.134. The first kappa shape index (κ1) is 18.9. The number of thiophene rings is 1. The van der Waals surface area contributed by atoms with Crippen LogP contribution >= 0.6 is 11.3 Å². The zero-order valence-corrected chi connectivity index (χ0v) is 15.1. The first-order valence-corrected chi connectivity index (χ1v) is 9.36. The maximum absolute atomic E-state index is 12.2. The molecule has 0 bridgehead atoms. The zero-order chi connectivity index (χ0) is 17.2. The maximum Gasteiger partial charge on any atom is 0.236 e. The summed E-state index contributed by atoms with van der Waals surface area (Å²) in [5.41, 5.74) is 0. The van der Waals surface area contributed by atoms with Crippen molar-refractivity contribution in [2.75, 3.05) is 46.4 Å².